The molecule has 2 nitrogen and oxygen atoms in total. The first-order chi connectivity index (χ1) is 8.38. The molecule has 0 unspecified atom stereocenters. The summed E-state index contributed by atoms with van der Waals surface area (Å²) in [4.78, 5) is 0. The number of unbranched alkanes of at least 4 members (excludes halogenated alkanes) is 4. The lowest BCUT2D eigenvalue weighted by Crippen LogP contribution is -2.16. The molecule has 0 spiro atoms. The molecule has 0 saturated heterocycles. The highest BCUT2D eigenvalue weighted by atomic mass is 14.8. The van der Waals surface area contributed by atoms with Crippen LogP contribution in [0.3, 0.4) is 0 Å². The molecular formula is C15H26N2. The fourth-order valence-corrected chi connectivity index (χ4v) is 2.01. The SMILES string of the molecule is CCCCCCCNCc1ccccc1CN. The van der Waals surface area contributed by atoms with E-state index in [9.17, 15) is 0 Å². The van der Waals surface area contributed by atoms with Crippen molar-refractivity contribution in [2.45, 2.75) is 52.1 Å². The van der Waals surface area contributed by atoms with Gasteiger partial charge in [-0.1, -0.05) is 56.9 Å². The van der Waals surface area contributed by atoms with Gasteiger partial charge in [0.05, 0.1) is 0 Å². The van der Waals surface area contributed by atoms with Crippen LogP contribution >= 0.6 is 0 Å². The topological polar surface area (TPSA) is 38.0 Å². The molecule has 0 radical (unpaired) electrons. The van der Waals surface area contributed by atoms with Crippen LogP contribution in [0.15, 0.2) is 24.3 Å². The Labute approximate surface area is 106 Å². The van der Waals surface area contributed by atoms with E-state index in [1.807, 2.05) is 0 Å². The molecule has 0 heterocycles. The summed E-state index contributed by atoms with van der Waals surface area (Å²) in [6.45, 7) is 4.94. The Hall–Kier alpha value is -0.860. The van der Waals surface area contributed by atoms with Gasteiger partial charge in [0.15, 0.2) is 0 Å². The van der Waals surface area contributed by atoms with Crippen LogP contribution in [-0.2, 0) is 13.1 Å². The van der Waals surface area contributed by atoms with Gasteiger partial charge in [0.25, 0.3) is 0 Å². The second-order valence-corrected chi connectivity index (χ2v) is 4.56. The molecule has 1 aromatic carbocycles. The van der Waals surface area contributed by atoms with Gasteiger partial charge in [-0.2, -0.15) is 0 Å². The van der Waals surface area contributed by atoms with E-state index in [4.69, 9.17) is 5.73 Å². The Morgan fingerprint density at radius 3 is 2.41 bits per heavy atom. The van der Waals surface area contributed by atoms with Crippen molar-refractivity contribution < 1.29 is 0 Å². The third-order valence-electron chi connectivity index (χ3n) is 3.11. The van der Waals surface area contributed by atoms with Crippen molar-refractivity contribution in [3.63, 3.8) is 0 Å². The second kappa shape index (κ2) is 9.20. The molecule has 0 fully saturated rings. The van der Waals surface area contributed by atoms with E-state index in [0.29, 0.717) is 6.54 Å². The van der Waals surface area contributed by atoms with E-state index in [1.165, 1.54) is 43.2 Å². The fourth-order valence-electron chi connectivity index (χ4n) is 2.01. The summed E-state index contributed by atoms with van der Waals surface area (Å²) < 4.78 is 0. The molecule has 3 N–H and O–H groups in total. The highest BCUT2D eigenvalue weighted by Crippen LogP contribution is 2.07. The van der Waals surface area contributed by atoms with Crippen molar-refractivity contribution >= 4 is 0 Å². The number of benzene rings is 1. The molecule has 96 valence electrons. The van der Waals surface area contributed by atoms with Crippen molar-refractivity contribution in [1.82, 2.24) is 5.32 Å². The first-order valence-electron chi connectivity index (χ1n) is 6.86. The molecule has 1 aromatic rings. The minimum absolute atomic E-state index is 0.633. The van der Waals surface area contributed by atoms with E-state index >= 15 is 0 Å². The summed E-state index contributed by atoms with van der Waals surface area (Å²) in [5.41, 5.74) is 8.30. The van der Waals surface area contributed by atoms with Crippen molar-refractivity contribution in [1.29, 1.82) is 0 Å². The van der Waals surface area contributed by atoms with E-state index in [1.54, 1.807) is 0 Å². The molecular weight excluding hydrogens is 208 g/mol. The van der Waals surface area contributed by atoms with Crippen LogP contribution in [0.2, 0.25) is 0 Å². The minimum Gasteiger partial charge on any atom is -0.326 e. The number of rotatable bonds is 9. The first kappa shape index (κ1) is 14.2. The Morgan fingerprint density at radius 2 is 1.71 bits per heavy atom. The number of hydrogen-bond donors (Lipinski definition) is 2. The van der Waals surface area contributed by atoms with Crippen LogP contribution in [0.1, 0.15) is 50.2 Å². The average molecular weight is 234 g/mol. The molecule has 0 saturated carbocycles. The van der Waals surface area contributed by atoms with Crippen LogP contribution in [-0.4, -0.2) is 6.54 Å². The van der Waals surface area contributed by atoms with E-state index in [2.05, 4.69) is 36.5 Å². The van der Waals surface area contributed by atoms with Crippen LogP contribution in [0.5, 0.6) is 0 Å². The highest BCUT2D eigenvalue weighted by Gasteiger charge is 1.98. The zero-order valence-corrected chi connectivity index (χ0v) is 11.0. The van der Waals surface area contributed by atoms with Gasteiger partial charge >= 0.3 is 0 Å². The molecule has 0 aliphatic carbocycles. The summed E-state index contributed by atoms with van der Waals surface area (Å²) in [5.74, 6) is 0. The smallest absolute Gasteiger partial charge is 0.0208 e. The van der Waals surface area contributed by atoms with Crippen LogP contribution in [0.25, 0.3) is 0 Å². The first-order valence-corrected chi connectivity index (χ1v) is 6.86. The van der Waals surface area contributed by atoms with Gasteiger partial charge in [-0.3, -0.25) is 0 Å². The minimum atomic E-state index is 0.633. The molecule has 0 bridgehead atoms. The molecule has 17 heavy (non-hydrogen) atoms. The summed E-state index contributed by atoms with van der Waals surface area (Å²) in [5, 5.41) is 3.50. The highest BCUT2D eigenvalue weighted by molar-refractivity contribution is 5.26. The Bertz CT molecular complexity index is 297. The number of nitrogens with two attached hydrogens (primary N) is 1. The van der Waals surface area contributed by atoms with Gasteiger partial charge in [-0.25, -0.2) is 0 Å². The average Bonchev–Trinajstić information content (AvgIpc) is 2.38. The second-order valence-electron chi connectivity index (χ2n) is 4.56. The zero-order valence-electron chi connectivity index (χ0n) is 11.0. The molecule has 0 aromatic heterocycles. The molecule has 1 rings (SSSR count). The van der Waals surface area contributed by atoms with Gasteiger partial charge in [0.2, 0.25) is 0 Å². The Morgan fingerprint density at radius 1 is 1.00 bits per heavy atom. The molecule has 0 atom stereocenters. The lowest BCUT2D eigenvalue weighted by Gasteiger charge is -2.08. The number of nitrogens with one attached hydrogen (secondary N) is 1. The van der Waals surface area contributed by atoms with Gasteiger partial charge in [-0.05, 0) is 24.1 Å². The Kier molecular flexibility index (Phi) is 7.69. The summed E-state index contributed by atoms with van der Waals surface area (Å²) in [6, 6.07) is 8.40. The summed E-state index contributed by atoms with van der Waals surface area (Å²) in [6.07, 6.45) is 6.69. The van der Waals surface area contributed by atoms with Crippen molar-refractivity contribution in [3.8, 4) is 0 Å². The van der Waals surface area contributed by atoms with Crippen molar-refractivity contribution in [2.75, 3.05) is 6.54 Å². The van der Waals surface area contributed by atoms with Crippen LogP contribution in [0, 0.1) is 0 Å². The maximum atomic E-state index is 5.71. The standard InChI is InChI=1S/C15H26N2/c1-2-3-4-5-8-11-17-13-15-10-7-6-9-14(15)12-16/h6-7,9-10,17H,2-5,8,11-13,16H2,1H3. The van der Waals surface area contributed by atoms with Crippen LogP contribution < -0.4 is 11.1 Å². The summed E-state index contributed by atoms with van der Waals surface area (Å²) in [7, 11) is 0. The van der Waals surface area contributed by atoms with Gasteiger partial charge in [0.1, 0.15) is 0 Å². The zero-order chi connectivity index (χ0) is 12.3. The fraction of sp³-hybridized carbons (Fsp3) is 0.600. The Balaban J connectivity index is 2.13. The lowest BCUT2D eigenvalue weighted by molar-refractivity contribution is 0.582. The predicted molar refractivity (Wildman–Crippen MR) is 74.8 cm³/mol. The predicted octanol–water partition coefficient (Wildman–Crippen LogP) is 3.21. The van der Waals surface area contributed by atoms with Gasteiger partial charge < -0.3 is 11.1 Å². The van der Waals surface area contributed by atoms with E-state index < -0.39 is 0 Å². The molecule has 0 aliphatic heterocycles. The third-order valence-corrected chi connectivity index (χ3v) is 3.11. The third kappa shape index (κ3) is 5.85. The summed E-state index contributed by atoms with van der Waals surface area (Å²) >= 11 is 0. The molecule has 0 aliphatic rings. The maximum absolute atomic E-state index is 5.71. The quantitative estimate of drug-likeness (QED) is 0.644. The number of hydrogen-bond acceptors (Lipinski definition) is 2. The molecule has 0 amide bonds. The van der Waals surface area contributed by atoms with Crippen LogP contribution in [0.4, 0.5) is 0 Å². The van der Waals surface area contributed by atoms with Crippen molar-refractivity contribution in [2.24, 2.45) is 5.73 Å². The largest absolute Gasteiger partial charge is 0.326 e. The van der Waals surface area contributed by atoms with E-state index in [0.717, 1.165) is 13.1 Å². The normalized spacial score (nSPS) is 10.7. The van der Waals surface area contributed by atoms with Gasteiger partial charge in [0, 0.05) is 13.1 Å². The van der Waals surface area contributed by atoms with Crippen molar-refractivity contribution in [3.05, 3.63) is 35.4 Å². The monoisotopic (exact) mass is 234 g/mol. The van der Waals surface area contributed by atoms with E-state index in [-0.39, 0.29) is 0 Å². The lowest BCUT2D eigenvalue weighted by atomic mass is 10.1. The maximum Gasteiger partial charge on any atom is 0.0208 e. The molecule has 2 heteroatoms. The van der Waals surface area contributed by atoms with Gasteiger partial charge in [-0.15, -0.1) is 0 Å².